The van der Waals surface area contributed by atoms with E-state index in [9.17, 15) is 8.42 Å². The van der Waals surface area contributed by atoms with Crippen LogP contribution in [0.4, 0.5) is 11.4 Å². The molecule has 1 aliphatic heterocycles. The van der Waals surface area contributed by atoms with E-state index >= 15 is 0 Å². The Morgan fingerprint density at radius 2 is 1.57 bits per heavy atom. The Morgan fingerprint density at radius 1 is 0.967 bits per heavy atom. The van der Waals surface area contributed by atoms with Crippen molar-refractivity contribution in [3.05, 3.63) is 84.4 Å². The van der Waals surface area contributed by atoms with Crippen molar-refractivity contribution in [1.82, 2.24) is 0 Å². The zero-order valence-corrected chi connectivity index (χ0v) is 17.7. The molecule has 1 atom stereocenters. The predicted octanol–water partition coefficient (Wildman–Crippen LogP) is 4.94. The summed E-state index contributed by atoms with van der Waals surface area (Å²) in [6.07, 6.45) is 1.77. The molecular formula is C24H25NO4S. The van der Waals surface area contributed by atoms with Crippen LogP contribution in [0.2, 0.25) is 0 Å². The molecule has 0 amide bonds. The summed E-state index contributed by atoms with van der Waals surface area (Å²) in [5.74, 6) is 0.720. The van der Waals surface area contributed by atoms with E-state index in [1.165, 1.54) is 4.31 Å². The molecule has 1 unspecified atom stereocenters. The molecule has 1 heterocycles. The monoisotopic (exact) mass is 423 g/mol. The van der Waals surface area contributed by atoms with Crippen molar-refractivity contribution >= 4 is 21.4 Å². The lowest BCUT2D eigenvalue weighted by Gasteiger charge is -2.25. The van der Waals surface area contributed by atoms with Gasteiger partial charge < -0.3 is 9.47 Å². The van der Waals surface area contributed by atoms with Gasteiger partial charge in [-0.25, -0.2) is 12.7 Å². The second-order valence-corrected chi connectivity index (χ2v) is 9.01. The molecular weight excluding hydrogens is 398 g/mol. The average molecular weight is 424 g/mol. The van der Waals surface area contributed by atoms with E-state index in [4.69, 9.17) is 9.47 Å². The number of sulfonamides is 1. The number of para-hydroxylation sites is 2. The number of hydrogen-bond acceptors (Lipinski definition) is 4. The maximum Gasteiger partial charge on any atom is 0.268 e. The number of rotatable bonds is 9. The van der Waals surface area contributed by atoms with E-state index in [0.717, 1.165) is 30.8 Å². The number of benzene rings is 3. The smallest absolute Gasteiger partial charge is 0.268 e. The van der Waals surface area contributed by atoms with Crippen LogP contribution in [-0.2, 0) is 21.2 Å². The maximum absolute atomic E-state index is 13.7. The van der Waals surface area contributed by atoms with Crippen LogP contribution in [0.5, 0.6) is 5.75 Å². The second kappa shape index (κ2) is 8.90. The van der Waals surface area contributed by atoms with E-state index in [0.29, 0.717) is 18.0 Å². The molecule has 3 aromatic carbocycles. The minimum absolute atomic E-state index is 0.148. The molecule has 1 aliphatic rings. The number of anilines is 2. The number of hydrogen-bond donors (Lipinski definition) is 0. The topological polar surface area (TPSA) is 59.1 Å². The van der Waals surface area contributed by atoms with Gasteiger partial charge in [0.2, 0.25) is 0 Å². The Morgan fingerprint density at radius 3 is 2.10 bits per heavy atom. The summed E-state index contributed by atoms with van der Waals surface area (Å²) >= 11 is 0. The van der Waals surface area contributed by atoms with E-state index < -0.39 is 10.0 Å². The SMILES string of the molecule is CCCc1cc(S(=O)(=O)N(c2ccccc2)c2ccccc2)ccc1OCC1CO1. The summed E-state index contributed by atoms with van der Waals surface area (Å²) in [6, 6.07) is 23.4. The fraction of sp³-hybridized carbons (Fsp3) is 0.250. The molecule has 6 heteroatoms. The second-order valence-electron chi connectivity index (χ2n) is 7.23. The first-order valence-corrected chi connectivity index (χ1v) is 11.6. The van der Waals surface area contributed by atoms with Gasteiger partial charge in [-0.15, -0.1) is 0 Å². The summed E-state index contributed by atoms with van der Waals surface area (Å²) in [5, 5.41) is 0. The molecule has 0 spiro atoms. The molecule has 30 heavy (non-hydrogen) atoms. The average Bonchev–Trinajstić information content (AvgIpc) is 3.59. The lowest BCUT2D eigenvalue weighted by Crippen LogP contribution is -2.26. The van der Waals surface area contributed by atoms with Gasteiger partial charge in [0, 0.05) is 0 Å². The Bertz CT molecular complexity index is 1040. The zero-order chi connectivity index (χ0) is 21.0. The highest BCUT2D eigenvalue weighted by Gasteiger charge is 2.28. The first-order chi connectivity index (χ1) is 14.6. The first-order valence-electron chi connectivity index (χ1n) is 10.1. The number of nitrogens with zero attached hydrogens (tertiary/aromatic N) is 1. The zero-order valence-electron chi connectivity index (χ0n) is 16.9. The number of ether oxygens (including phenoxy) is 2. The molecule has 1 fully saturated rings. The van der Waals surface area contributed by atoms with E-state index in [1.807, 2.05) is 36.4 Å². The van der Waals surface area contributed by atoms with Crippen LogP contribution in [-0.4, -0.2) is 27.7 Å². The van der Waals surface area contributed by atoms with Gasteiger partial charge in [-0.2, -0.15) is 0 Å². The third kappa shape index (κ3) is 4.50. The normalized spacial score (nSPS) is 15.6. The van der Waals surface area contributed by atoms with Crippen LogP contribution < -0.4 is 9.04 Å². The molecule has 1 saturated heterocycles. The van der Waals surface area contributed by atoms with Crippen molar-refractivity contribution in [2.75, 3.05) is 17.5 Å². The third-order valence-corrected chi connectivity index (χ3v) is 6.65. The van der Waals surface area contributed by atoms with Crippen LogP contribution in [0.25, 0.3) is 0 Å². The molecule has 0 bridgehead atoms. The summed E-state index contributed by atoms with van der Waals surface area (Å²) in [6.45, 7) is 3.27. The molecule has 4 rings (SSSR count). The lowest BCUT2D eigenvalue weighted by molar-refractivity contribution is 0.261. The van der Waals surface area contributed by atoms with Gasteiger partial charge in [-0.05, 0) is 54.4 Å². The minimum atomic E-state index is -3.83. The quantitative estimate of drug-likeness (QED) is 0.457. The van der Waals surface area contributed by atoms with Gasteiger partial charge in [0.25, 0.3) is 10.0 Å². The van der Waals surface area contributed by atoms with Gasteiger partial charge in [0.15, 0.2) is 0 Å². The molecule has 0 saturated carbocycles. The fourth-order valence-corrected chi connectivity index (χ4v) is 4.87. The first kappa shape index (κ1) is 20.4. The van der Waals surface area contributed by atoms with Crippen LogP contribution in [0, 0.1) is 0 Å². The predicted molar refractivity (Wildman–Crippen MR) is 118 cm³/mol. The molecule has 156 valence electrons. The van der Waals surface area contributed by atoms with Gasteiger partial charge in [-0.3, -0.25) is 0 Å². The van der Waals surface area contributed by atoms with E-state index in [1.54, 1.807) is 42.5 Å². The van der Waals surface area contributed by atoms with Crippen LogP contribution in [0.15, 0.2) is 83.8 Å². The summed E-state index contributed by atoms with van der Waals surface area (Å²) in [7, 11) is -3.83. The fourth-order valence-electron chi connectivity index (χ4n) is 3.33. The van der Waals surface area contributed by atoms with Crippen molar-refractivity contribution in [2.24, 2.45) is 0 Å². The molecule has 0 aliphatic carbocycles. The lowest BCUT2D eigenvalue weighted by atomic mass is 10.1. The Hall–Kier alpha value is -2.83. The molecule has 0 N–H and O–H groups in total. The van der Waals surface area contributed by atoms with Crippen molar-refractivity contribution in [1.29, 1.82) is 0 Å². The highest BCUT2D eigenvalue weighted by molar-refractivity contribution is 7.93. The standard InChI is InChI=1S/C24H25NO4S/c1-2-9-19-16-23(14-15-24(19)29-18-22-17-28-22)30(26,27)25(20-10-5-3-6-11-20)21-12-7-4-8-13-21/h3-8,10-16,22H,2,9,17-18H2,1H3. The number of aryl methyl sites for hydroxylation is 1. The highest BCUT2D eigenvalue weighted by Crippen LogP contribution is 2.34. The van der Waals surface area contributed by atoms with Crippen LogP contribution in [0.1, 0.15) is 18.9 Å². The highest BCUT2D eigenvalue weighted by atomic mass is 32.2. The Labute approximate surface area is 177 Å². The van der Waals surface area contributed by atoms with Gasteiger partial charge >= 0.3 is 0 Å². The maximum atomic E-state index is 13.7. The summed E-state index contributed by atoms with van der Waals surface area (Å²) < 4.78 is 40.0. The van der Waals surface area contributed by atoms with Crippen molar-refractivity contribution < 1.29 is 17.9 Å². The Kier molecular flexibility index (Phi) is 6.06. The summed E-state index contributed by atoms with van der Waals surface area (Å²) in [4.78, 5) is 0.244. The van der Waals surface area contributed by atoms with Crippen LogP contribution >= 0.6 is 0 Å². The molecule has 0 radical (unpaired) electrons. The largest absolute Gasteiger partial charge is 0.491 e. The van der Waals surface area contributed by atoms with Crippen molar-refractivity contribution in [3.63, 3.8) is 0 Å². The van der Waals surface area contributed by atoms with E-state index in [2.05, 4.69) is 6.92 Å². The third-order valence-electron chi connectivity index (χ3n) is 4.90. The number of epoxide rings is 1. The van der Waals surface area contributed by atoms with Crippen molar-refractivity contribution in [3.8, 4) is 5.75 Å². The molecule has 0 aromatic heterocycles. The van der Waals surface area contributed by atoms with Gasteiger partial charge in [0.1, 0.15) is 18.5 Å². The minimum Gasteiger partial charge on any atom is -0.491 e. The van der Waals surface area contributed by atoms with Crippen LogP contribution in [0.3, 0.4) is 0 Å². The van der Waals surface area contributed by atoms with Gasteiger partial charge in [-0.1, -0.05) is 49.7 Å². The van der Waals surface area contributed by atoms with Crippen molar-refractivity contribution in [2.45, 2.75) is 30.8 Å². The van der Waals surface area contributed by atoms with E-state index in [-0.39, 0.29) is 11.0 Å². The molecule has 3 aromatic rings. The summed E-state index contributed by atoms with van der Waals surface area (Å²) in [5.41, 5.74) is 2.07. The Balaban J connectivity index is 1.74. The molecule has 5 nitrogen and oxygen atoms in total. The van der Waals surface area contributed by atoms with Gasteiger partial charge in [0.05, 0.1) is 22.9 Å².